The second kappa shape index (κ2) is 7.97. The number of aromatic nitrogens is 2. The predicted octanol–water partition coefficient (Wildman–Crippen LogP) is 4.54. The van der Waals surface area contributed by atoms with Crippen LogP contribution in [0.2, 0.25) is 0 Å². The molecule has 0 aliphatic heterocycles. The van der Waals surface area contributed by atoms with Crippen molar-refractivity contribution in [1.82, 2.24) is 9.97 Å². The van der Waals surface area contributed by atoms with E-state index in [0.717, 1.165) is 17.0 Å². The quantitative estimate of drug-likeness (QED) is 0.365. The molecular formula is C21H18N4O4. The molecule has 0 bridgehead atoms. The second-order valence-electron chi connectivity index (χ2n) is 6.43. The van der Waals surface area contributed by atoms with E-state index in [2.05, 4.69) is 15.3 Å². The van der Waals surface area contributed by atoms with Crippen molar-refractivity contribution < 1.29 is 14.1 Å². The Kier molecular flexibility index (Phi) is 5.07. The van der Waals surface area contributed by atoms with Gasteiger partial charge in [-0.15, -0.1) is 0 Å². The van der Waals surface area contributed by atoms with Crippen molar-refractivity contribution in [1.29, 1.82) is 0 Å². The van der Waals surface area contributed by atoms with E-state index >= 15 is 0 Å². The van der Waals surface area contributed by atoms with Gasteiger partial charge in [-0.2, -0.15) is 4.98 Å². The summed E-state index contributed by atoms with van der Waals surface area (Å²) in [5.41, 5.74) is 2.78. The molecule has 0 fully saturated rings. The number of nitrogens with zero attached hydrogens (tertiary/aromatic N) is 3. The minimum Gasteiger partial charge on any atom is -0.497 e. The molecule has 0 amide bonds. The Balaban J connectivity index is 1.62. The minimum atomic E-state index is -0.457. The number of fused-ring (bicyclic) bond motifs is 1. The fraction of sp³-hybridized carbons (Fsp3) is 0.143. The van der Waals surface area contributed by atoms with Crippen LogP contribution in [0, 0.1) is 10.1 Å². The van der Waals surface area contributed by atoms with Crippen LogP contribution < -0.4 is 10.1 Å². The molecular weight excluding hydrogens is 372 g/mol. The van der Waals surface area contributed by atoms with E-state index in [1.165, 1.54) is 12.1 Å². The number of hydrogen-bond donors (Lipinski definition) is 1. The van der Waals surface area contributed by atoms with Gasteiger partial charge in [0.25, 0.3) is 11.7 Å². The average Bonchev–Trinajstić information content (AvgIpc) is 3.16. The molecule has 1 N–H and O–H groups in total. The molecule has 8 nitrogen and oxygen atoms in total. The third-order valence-corrected chi connectivity index (χ3v) is 4.52. The van der Waals surface area contributed by atoms with Gasteiger partial charge in [-0.3, -0.25) is 15.1 Å². The van der Waals surface area contributed by atoms with Crippen molar-refractivity contribution in [2.45, 2.75) is 12.5 Å². The van der Waals surface area contributed by atoms with Crippen molar-refractivity contribution in [3.63, 3.8) is 0 Å². The van der Waals surface area contributed by atoms with Crippen molar-refractivity contribution in [2.75, 3.05) is 12.4 Å². The highest BCUT2D eigenvalue weighted by atomic mass is 16.6. The first-order chi connectivity index (χ1) is 14.1. The molecule has 1 unspecified atom stereocenters. The Morgan fingerprint density at radius 2 is 2.00 bits per heavy atom. The third kappa shape index (κ3) is 4.16. The summed E-state index contributed by atoms with van der Waals surface area (Å²) >= 11 is 0. The number of oxazole rings is 1. The summed E-state index contributed by atoms with van der Waals surface area (Å²) < 4.78 is 11.0. The fourth-order valence-electron chi connectivity index (χ4n) is 3.05. The molecule has 0 radical (unpaired) electrons. The maximum absolute atomic E-state index is 11.0. The van der Waals surface area contributed by atoms with Crippen molar-refractivity contribution in [3.8, 4) is 5.75 Å². The van der Waals surface area contributed by atoms with Crippen LogP contribution in [-0.2, 0) is 6.42 Å². The lowest BCUT2D eigenvalue weighted by molar-refractivity contribution is -0.384. The van der Waals surface area contributed by atoms with Crippen LogP contribution in [-0.4, -0.2) is 22.0 Å². The summed E-state index contributed by atoms with van der Waals surface area (Å²) in [6, 6.07) is 17.9. The standard InChI is InChI=1S/C21H18N4O4/c1-28-16-8-5-14(6-9-16)12-18(17-4-2-3-11-22-17)23-21-24-19-13-15(25(26)27)7-10-20(19)29-21/h2-11,13,18H,12H2,1H3,(H,23,24). The molecule has 0 aliphatic carbocycles. The highest BCUT2D eigenvalue weighted by molar-refractivity contribution is 5.77. The highest BCUT2D eigenvalue weighted by Gasteiger charge is 2.18. The fourth-order valence-corrected chi connectivity index (χ4v) is 3.05. The second-order valence-corrected chi connectivity index (χ2v) is 6.43. The van der Waals surface area contributed by atoms with E-state index < -0.39 is 4.92 Å². The molecule has 1 atom stereocenters. The Morgan fingerprint density at radius 1 is 1.17 bits per heavy atom. The maximum atomic E-state index is 11.0. The molecule has 2 heterocycles. The molecule has 2 aromatic carbocycles. The monoisotopic (exact) mass is 390 g/mol. The van der Waals surface area contributed by atoms with Crippen LogP contribution in [0.25, 0.3) is 11.1 Å². The first-order valence-electron chi connectivity index (χ1n) is 8.98. The van der Waals surface area contributed by atoms with Gasteiger partial charge in [0.05, 0.1) is 23.8 Å². The Bertz CT molecular complexity index is 1130. The zero-order valence-corrected chi connectivity index (χ0v) is 15.6. The van der Waals surface area contributed by atoms with Crippen molar-refractivity contribution in [2.24, 2.45) is 0 Å². The van der Waals surface area contributed by atoms with Gasteiger partial charge in [0.2, 0.25) is 0 Å². The summed E-state index contributed by atoms with van der Waals surface area (Å²) in [5, 5.41) is 14.2. The Labute approximate surface area is 166 Å². The maximum Gasteiger partial charge on any atom is 0.296 e. The molecule has 0 spiro atoms. The number of rotatable bonds is 7. The number of nitro groups is 1. The van der Waals surface area contributed by atoms with E-state index in [-0.39, 0.29) is 17.7 Å². The van der Waals surface area contributed by atoms with Crippen LogP contribution in [0.1, 0.15) is 17.3 Å². The topological polar surface area (TPSA) is 103 Å². The number of anilines is 1. The predicted molar refractivity (Wildman–Crippen MR) is 108 cm³/mol. The molecule has 0 saturated heterocycles. The first kappa shape index (κ1) is 18.4. The normalized spacial score (nSPS) is 11.9. The van der Waals surface area contributed by atoms with Gasteiger partial charge in [0.15, 0.2) is 5.58 Å². The zero-order valence-electron chi connectivity index (χ0n) is 15.6. The molecule has 4 rings (SSSR count). The van der Waals surface area contributed by atoms with Gasteiger partial charge < -0.3 is 14.5 Å². The molecule has 4 aromatic rings. The number of hydrogen-bond acceptors (Lipinski definition) is 7. The number of ether oxygens (including phenoxy) is 1. The summed E-state index contributed by atoms with van der Waals surface area (Å²) in [7, 11) is 1.63. The summed E-state index contributed by atoms with van der Waals surface area (Å²) in [6.45, 7) is 0. The van der Waals surface area contributed by atoms with Crippen LogP contribution >= 0.6 is 0 Å². The van der Waals surface area contributed by atoms with Crippen molar-refractivity contribution in [3.05, 3.63) is 88.2 Å². The van der Waals surface area contributed by atoms with Gasteiger partial charge in [-0.05, 0) is 42.3 Å². The number of nitrogens with one attached hydrogen (secondary N) is 1. The van der Waals surface area contributed by atoms with Gasteiger partial charge in [-0.25, -0.2) is 0 Å². The lowest BCUT2D eigenvalue weighted by Gasteiger charge is -2.17. The van der Waals surface area contributed by atoms with Gasteiger partial charge in [0.1, 0.15) is 11.3 Å². The molecule has 2 aromatic heterocycles. The molecule has 0 saturated carbocycles. The van der Waals surface area contributed by atoms with Crippen LogP contribution in [0.3, 0.4) is 0 Å². The lowest BCUT2D eigenvalue weighted by Crippen LogP contribution is -2.15. The van der Waals surface area contributed by atoms with Crippen LogP contribution in [0.5, 0.6) is 5.75 Å². The van der Waals surface area contributed by atoms with E-state index in [1.54, 1.807) is 19.4 Å². The first-order valence-corrected chi connectivity index (χ1v) is 8.98. The largest absolute Gasteiger partial charge is 0.497 e. The summed E-state index contributed by atoms with van der Waals surface area (Å²) in [4.78, 5) is 19.3. The van der Waals surface area contributed by atoms with Crippen LogP contribution in [0.4, 0.5) is 11.7 Å². The van der Waals surface area contributed by atoms with Crippen LogP contribution in [0.15, 0.2) is 71.3 Å². The Hall–Kier alpha value is -3.94. The van der Waals surface area contributed by atoms with E-state index in [9.17, 15) is 10.1 Å². The molecule has 8 heteroatoms. The number of pyridine rings is 1. The number of non-ortho nitro benzene ring substituents is 1. The number of methoxy groups -OCH3 is 1. The van der Waals surface area contributed by atoms with Gasteiger partial charge in [-0.1, -0.05) is 18.2 Å². The number of nitro benzene ring substituents is 1. The minimum absolute atomic E-state index is 0.0307. The highest BCUT2D eigenvalue weighted by Crippen LogP contribution is 2.27. The molecule has 0 aliphatic rings. The van der Waals surface area contributed by atoms with Gasteiger partial charge >= 0.3 is 0 Å². The molecule has 29 heavy (non-hydrogen) atoms. The summed E-state index contributed by atoms with van der Waals surface area (Å²) in [5.74, 6) is 0.789. The van der Waals surface area contributed by atoms with E-state index in [4.69, 9.17) is 9.15 Å². The summed E-state index contributed by atoms with van der Waals surface area (Å²) in [6.07, 6.45) is 2.37. The SMILES string of the molecule is COc1ccc(CC(Nc2nc3cc([N+](=O)[O-])ccc3o2)c2ccccn2)cc1. The van der Waals surface area contributed by atoms with E-state index in [1.807, 2.05) is 42.5 Å². The average molecular weight is 390 g/mol. The van der Waals surface area contributed by atoms with E-state index in [0.29, 0.717) is 17.5 Å². The Morgan fingerprint density at radius 3 is 2.69 bits per heavy atom. The lowest BCUT2D eigenvalue weighted by atomic mass is 10.0. The zero-order chi connectivity index (χ0) is 20.2. The van der Waals surface area contributed by atoms with Crippen molar-refractivity contribution >= 4 is 22.8 Å². The molecule has 146 valence electrons. The van der Waals surface area contributed by atoms with Gasteiger partial charge in [0, 0.05) is 18.3 Å². The number of benzene rings is 2. The smallest absolute Gasteiger partial charge is 0.296 e. The third-order valence-electron chi connectivity index (χ3n) is 4.52.